The van der Waals surface area contributed by atoms with Crippen molar-refractivity contribution in [2.45, 2.75) is 31.6 Å². The van der Waals surface area contributed by atoms with Crippen molar-refractivity contribution in [3.63, 3.8) is 0 Å². The molecule has 0 bridgehead atoms. The lowest BCUT2D eigenvalue weighted by Gasteiger charge is -2.34. The number of Topliss-reactive ketones (excluding diaryl/α,β-unsaturated/α-hetero) is 1. The molecule has 0 aromatic heterocycles. The summed E-state index contributed by atoms with van der Waals surface area (Å²) in [7, 11) is 3.79. The van der Waals surface area contributed by atoms with Gasteiger partial charge in [0.1, 0.15) is 11.5 Å². The highest BCUT2D eigenvalue weighted by Crippen LogP contribution is 2.32. The van der Waals surface area contributed by atoms with Gasteiger partial charge in [0, 0.05) is 50.3 Å². The van der Waals surface area contributed by atoms with E-state index in [4.69, 9.17) is 4.74 Å². The Morgan fingerprint density at radius 3 is 2.32 bits per heavy atom. The molecule has 0 radical (unpaired) electrons. The second-order valence-corrected chi connectivity index (χ2v) is 8.57. The van der Waals surface area contributed by atoms with Crippen LogP contribution in [-0.4, -0.2) is 56.9 Å². The largest absolute Gasteiger partial charge is 0.495 e. The van der Waals surface area contributed by atoms with Crippen LogP contribution in [0.3, 0.4) is 0 Å². The summed E-state index contributed by atoms with van der Waals surface area (Å²) in [5, 5.41) is 3.01. The standard InChI is InChI=1S/C25H31N3O3/c1-27-13-15-28(16-14-27)23-17-20(7-12-24(23)31-2)25(30)26-21-8-3-18(4-9-21)19-5-10-22(29)11-6-19/h3-4,7-9,12,17,19H,5-6,10-11,13-16H2,1-2H3,(H,26,30). The maximum absolute atomic E-state index is 12.9. The summed E-state index contributed by atoms with van der Waals surface area (Å²) in [5.74, 6) is 1.47. The first-order valence-electron chi connectivity index (χ1n) is 11.1. The molecule has 31 heavy (non-hydrogen) atoms. The van der Waals surface area contributed by atoms with E-state index in [2.05, 4.69) is 34.3 Å². The zero-order valence-electron chi connectivity index (χ0n) is 18.4. The van der Waals surface area contributed by atoms with Gasteiger partial charge >= 0.3 is 0 Å². The van der Waals surface area contributed by atoms with Crippen LogP contribution < -0.4 is 15.0 Å². The van der Waals surface area contributed by atoms with Gasteiger partial charge in [-0.15, -0.1) is 0 Å². The Hall–Kier alpha value is -2.86. The molecule has 0 unspecified atom stereocenters. The van der Waals surface area contributed by atoms with Gasteiger partial charge in [-0.2, -0.15) is 0 Å². The third-order valence-corrected chi connectivity index (χ3v) is 6.47. The van der Waals surface area contributed by atoms with Gasteiger partial charge in [0.25, 0.3) is 5.91 Å². The fourth-order valence-corrected chi connectivity index (χ4v) is 4.44. The number of ether oxygens (including phenoxy) is 1. The van der Waals surface area contributed by atoms with Crippen LogP contribution in [0.25, 0.3) is 0 Å². The molecule has 1 saturated heterocycles. The quantitative estimate of drug-likeness (QED) is 0.793. The molecule has 6 nitrogen and oxygen atoms in total. The highest BCUT2D eigenvalue weighted by atomic mass is 16.5. The normalized spacial score (nSPS) is 18.1. The first-order valence-corrected chi connectivity index (χ1v) is 11.1. The van der Waals surface area contributed by atoms with Gasteiger partial charge in [-0.3, -0.25) is 9.59 Å². The number of nitrogens with zero attached hydrogens (tertiary/aromatic N) is 2. The SMILES string of the molecule is COc1ccc(C(=O)Nc2ccc(C3CCC(=O)CC3)cc2)cc1N1CCN(C)CC1. The third kappa shape index (κ3) is 5.07. The maximum Gasteiger partial charge on any atom is 0.255 e. The van der Waals surface area contributed by atoms with Crippen molar-refractivity contribution in [1.29, 1.82) is 0 Å². The number of ketones is 1. The van der Waals surface area contributed by atoms with E-state index in [9.17, 15) is 9.59 Å². The Balaban J connectivity index is 1.44. The minimum atomic E-state index is -0.131. The molecule has 0 spiro atoms. The third-order valence-electron chi connectivity index (χ3n) is 6.47. The van der Waals surface area contributed by atoms with Gasteiger partial charge in [-0.1, -0.05) is 12.1 Å². The van der Waals surface area contributed by atoms with Gasteiger partial charge in [0.05, 0.1) is 12.8 Å². The molecule has 4 rings (SSSR count). The van der Waals surface area contributed by atoms with E-state index in [1.165, 1.54) is 5.56 Å². The Labute approximate surface area is 184 Å². The number of benzene rings is 2. The summed E-state index contributed by atoms with van der Waals surface area (Å²) in [4.78, 5) is 29.0. The predicted molar refractivity (Wildman–Crippen MR) is 123 cm³/mol. The summed E-state index contributed by atoms with van der Waals surface area (Å²) in [5.41, 5.74) is 3.60. The second-order valence-electron chi connectivity index (χ2n) is 8.57. The average Bonchev–Trinajstić information content (AvgIpc) is 2.80. The molecule has 2 aromatic carbocycles. The van der Waals surface area contributed by atoms with Crippen molar-refractivity contribution in [2.24, 2.45) is 0 Å². The molecule has 1 amide bonds. The zero-order valence-corrected chi connectivity index (χ0v) is 18.4. The van der Waals surface area contributed by atoms with E-state index in [1.54, 1.807) is 13.2 Å². The van der Waals surface area contributed by atoms with Crippen molar-refractivity contribution in [2.75, 3.05) is 50.6 Å². The number of rotatable bonds is 5. The number of carbonyl (C=O) groups excluding carboxylic acids is 2. The van der Waals surface area contributed by atoms with Crippen LogP contribution in [0.1, 0.15) is 47.5 Å². The first kappa shape index (κ1) is 21.4. The number of nitrogens with one attached hydrogen (secondary N) is 1. The molecule has 164 valence electrons. The van der Waals surface area contributed by atoms with Crippen LogP contribution in [-0.2, 0) is 4.79 Å². The Bertz CT molecular complexity index is 924. The number of methoxy groups -OCH3 is 1. The number of carbonyl (C=O) groups is 2. The van der Waals surface area contributed by atoms with Gasteiger partial charge in [-0.25, -0.2) is 0 Å². The molecular weight excluding hydrogens is 390 g/mol. The lowest BCUT2D eigenvalue weighted by atomic mass is 9.83. The predicted octanol–water partition coefficient (Wildman–Crippen LogP) is 3.93. The molecule has 1 heterocycles. The van der Waals surface area contributed by atoms with E-state index >= 15 is 0 Å². The molecule has 1 saturated carbocycles. The zero-order chi connectivity index (χ0) is 21.8. The molecule has 0 atom stereocenters. The summed E-state index contributed by atoms with van der Waals surface area (Å²) >= 11 is 0. The minimum Gasteiger partial charge on any atom is -0.495 e. The van der Waals surface area contributed by atoms with Gasteiger partial charge < -0.3 is 19.9 Å². The van der Waals surface area contributed by atoms with Crippen LogP contribution in [0.15, 0.2) is 42.5 Å². The molecule has 1 aliphatic carbocycles. The van der Waals surface area contributed by atoms with Crippen LogP contribution in [0.5, 0.6) is 5.75 Å². The summed E-state index contributed by atoms with van der Waals surface area (Å²) in [6, 6.07) is 13.6. The topological polar surface area (TPSA) is 61.9 Å². The summed E-state index contributed by atoms with van der Waals surface area (Å²) in [6.07, 6.45) is 3.20. The van der Waals surface area contributed by atoms with E-state index in [-0.39, 0.29) is 5.91 Å². The van der Waals surface area contributed by atoms with Crippen molar-refractivity contribution in [3.05, 3.63) is 53.6 Å². The summed E-state index contributed by atoms with van der Waals surface area (Å²) in [6.45, 7) is 3.79. The van der Waals surface area contributed by atoms with Crippen molar-refractivity contribution < 1.29 is 14.3 Å². The first-order chi connectivity index (χ1) is 15.0. The van der Waals surface area contributed by atoms with Crippen LogP contribution in [0, 0.1) is 0 Å². The average molecular weight is 422 g/mol. The molecule has 2 aliphatic rings. The Kier molecular flexibility index (Phi) is 6.56. The number of hydrogen-bond donors (Lipinski definition) is 1. The smallest absolute Gasteiger partial charge is 0.255 e. The molecular formula is C25H31N3O3. The van der Waals surface area contributed by atoms with Crippen LogP contribution in [0.4, 0.5) is 11.4 Å². The Morgan fingerprint density at radius 1 is 1.00 bits per heavy atom. The number of likely N-dealkylation sites (N-methyl/N-ethyl adjacent to an activating group) is 1. The highest BCUT2D eigenvalue weighted by Gasteiger charge is 2.21. The highest BCUT2D eigenvalue weighted by molar-refractivity contribution is 6.05. The summed E-state index contributed by atoms with van der Waals surface area (Å²) < 4.78 is 5.55. The molecule has 2 aromatic rings. The van der Waals surface area contributed by atoms with E-state index in [1.807, 2.05) is 24.3 Å². The number of anilines is 2. The lowest BCUT2D eigenvalue weighted by Crippen LogP contribution is -2.44. The molecule has 2 fully saturated rings. The van der Waals surface area contributed by atoms with Crippen LogP contribution >= 0.6 is 0 Å². The van der Waals surface area contributed by atoms with Crippen molar-refractivity contribution >= 4 is 23.1 Å². The molecule has 1 N–H and O–H groups in total. The van der Waals surface area contributed by atoms with Crippen molar-refractivity contribution in [1.82, 2.24) is 4.90 Å². The fraction of sp³-hybridized carbons (Fsp3) is 0.440. The fourth-order valence-electron chi connectivity index (χ4n) is 4.44. The maximum atomic E-state index is 12.9. The lowest BCUT2D eigenvalue weighted by molar-refractivity contribution is -0.120. The van der Waals surface area contributed by atoms with Gasteiger partial charge in [-0.05, 0) is 61.7 Å². The Morgan fingerprint density at radius 2 is 1.68 bits per heavy atom. The van der Waals surface area contributed by atoms with E-state index < -0.39 is 0 Å². The number of piperazine rings is 1. The molecule has 1 aliphatic heterocycles. The van der Waals surface area contributed by atoms with E-state index in [0.29, 0.717) is 30.1 Å². The minimum absolute atomic E-state index is 0.131. The van der Waals surface area contributed by atoms with Crippen LogP contribution in [0.2, 0.25) is 0 Å². The monoisotopic (exact) mass is 421 g/mol. The number of hydrogen-bond acceptors (Lipinski definition) is 5. The number of amides is 1. The van der Waals surface area contributed by atoms with Gasteiger partial charge in [0.2, 0.25) is 0 Å². The van der Waals surface area contributed by atoms with Gasteiger partial charge in [0.15, 0.2) is 0 Å². The van der Waals surface area contributed by atoms with Crippen molar-refractivity contribution in [3.8, 4) is 5.75 Å². The van der Waals surface area contributed by atoms with E-state index in [0.717, 1.165) is 56.1 Å². The molecule has 6 heteroatoms. The second kappa shape index (κ2) is 9.52.